The average molecular weight is 553 g/mol. The number of fused-ring (bicyclic) bond motifs is 1. The van der Waals surface area contributed by atoms with E-state index in [4.69, 9.17) is 10.5 Å². The highest BCUT2D eigenvalue weighted by Gasteiger charge is 2.28. The molecular formula is C32H45FN4O3. The summed E-state index contributed by atoms with van der Waals surface area (Å²) in [6.45, 7) is 2.03. The number of nitrogens with one attached hydrogen (secondary N) is 2. The molecule has 7 nitrogen and oxygen atoms in total. The number of unbranched alkanes of at least 4 members (excludes halogenated alkanes) is 1. The molecular weight excluding hydrogens is 507 g/mol. The van der Waals surface area contributed by atoms with E-state index in [1.165, 1.54) is 38.2 Å². The van der Waals surface area contributed by atoms with E-state index >= 15 is 0 Å². The van der Waals surface area contributed by atoms with Crippen LogP contribution in [0.4, 0.5) is 10.1 Å². The number of ether oxygens (including phenoxy) is 1. The van der Waals surface area contributed by atoms with Crippen molar-refractivity contribution in [2.75, 3.05) is 31.6 Å². The number of amides is 2. The highest BCUT2D eigenvalue weighted by Crippen LogP contribution is 2.30. The molecule has 218 valence electrons. The molecule has 0 radical (unpaired) electrons. The molecule has 0 unspecified atom stereocenters. The Hall–Kier alpha value is -3.13. The number of hydrogen-bond donors (Lipinski definition) is 3. The van der Waals surface area contributed by atoms with Crippen molar-refractivity contribution in [1.82, 2.24) is 10.6 Å². The Kier molecular flexibility index (Phi) is 11.2. The van der Waals surface area contributed by atoms with Crippen LogP contribution in [0.2, 0.25) is 0 Å². The van der Waals surface area contributed by atoms with Gasteiger partial charge in [-0.05, 0) is 86.5 Å². The zero-order chi connectivity index (χ0) is 28.3. The molecule has 4 N–H and O–H groups in total. The van der Waals surface area contributed by atoms with Crippen molar-refractivity contribution < 1.29 is 18.7 Å². The van der Waals surface area contributed by atoms with E-state index in [-0.39, 0.29) is 23.7 Å². The number of benzene rings is 2. The highest BCUT2D eigenvalue weighted by molar-refractivity contribution is 5.97. The number of hydrogen-bond acceptors (Lipinski definition) is 5. The van der Waals surface area contributed by atoms with Crippen LogP contribution in [-0.2, 0) is 11.2 Å². The lowest BCUT2D eigenvalue weighted by atomic mass is 9.85. The maximum Gasteiger partial charge on any atom is 0.252 e. The molecule has 0 spiro atoms. The van der Waals surface area contributed by atoms with Gasteiger partial charge in [0.1, 0.15) is 17.6 Å². The third-order valence-electron chi connectivity index (χ3n) is 8.37. The Bertz CT molecular complexity index is 1120. The van der Waals surface area contributed by atoms with Crippen LogP contribution in [0.25, 0.3) is 0 Å². The fourth-order valence-electron chi connectivity index (χ4n) is 6.09. The van der Waals surface area contributed by atoms with Crippen molar-refractivity contribution in [3.05, 3.63) is 59.4 Å². The van der Waals surface area contributed by atoms with Crippen molar-refractivity contribution in [3.8, 4) is 5.75 Å². The number of nitrogens with two attached hydrogens (primary N) is 1. The quantitative estimate of drug-likeness (QED) is 0.288. The van der Waals surface area contributed by atoms with Crippen LogP contribution in [0.15, 0.2) is 42.5 Å². The topological polar surface area (TPSA) is 96.7 Å². The lowest BCUT2D eigenvalue weighted by molar-refractivity contribution is -0.123. The van der Waals surface area contributed by atoms with Gasteiger partial charge in [0.25, 0.3) is 5.91 Å². The minimum Gasteiger partial charge on any atom is -0.497 e. The third-order valence-corrected chi connectivity index (χ3v) is 8.37. The third kappa shape index (κ3) is 8.43. The molecule has 1 aliphatic carbocycles. The zero-order valence-electron chi connectivity index (χ0n) is 23.8. The van der Waals surface area contributed by atoms with E-state index in [1.807, 2.05) is 6.07 Å². The Labute approximate surface area is 238 Å². The summed E-state index contributed by atoms with van der Waals surface area (Å²) >= 11 is 0. The van der Waals surface area contributed by atoms with E-state index < -0.39 is 6.04 Å². The van der Waals surface area contributed by atoms with Crippen LogP contribution in [-0.4, -0.2) is 50.6 Å². The van der Waals surface area contributed by atoms with Crippen molar-refractivity contribution >= 4 is 17.5 Å². The second kappa shape index (κ2) is 15.0. The molecule has 0 saturated heterocycles. The fraction of sp³-hybridized carbons (Fsp3) is 0.562. The summed E-state index contributed by atoms with van der Waals surface area (Å²) in [5, 5.41) is 6.31. The van der Waals surface area contributed by atoms with E-state index in [9.17, 15) is 14.0 Å². The second-order valence-corrected chi connectivity index (χ2v) is 11.3. The number of nitrogens with zero attached hydrogens (tertiary/aromatic N) is 1. The predicted octanol–water partition coefficient (Wildman–Crippen LogP) is 4.97. The highest BCUT2D eigenvalue weighted by atomic mass is 19.1. The summed E-state index contributed by atoms with van der Waals surface area (Å²) in [6, 6.07) is 11.2. The molecule has 1 aliphatic heterocycles. The molecule has 2 aliphatic rings. The first-order valence-corrected chi connectivity index (χ1v) is 15.0. The molecule has 2 aromatic carbocycles. The fourth-order valence-corrected chi connectivity index (χ4v) is 6.09. The summed E-state index contributed by atoms with van der Waals surface area (Å²) in [7, 11) is 1.57. The molecule has 4 rings (SSSR count). The Morgan fingerprint density at radius 2 is 1.90 bits per heavy atom. The van der Waals surface area contributed by atoms with Crippen LogP contribution >= 0.6 is 0 Å². The minimum absolute atomic E-state index is 0.110. The van der Waals surface area contributed by atoms with Crippen molar-refractivity contribution in [2.24, 2.45) is 11.7 Å². The molecule has 2 aromatic rings. The van der Waals surface area contributed by atoms with Crippen molar-refractivity contribution in [2.45, 2.75) is 82.7 Å². The number of rotatable bonds is 14. The van der Waals surface area contributed by atoms with Crippen LogP contribution in [0.1, 0.15) is 80.1 Å². The number of anilines is 1. The van der Waals surface area contributed by atoms with E-state index in [0.29, 0.717) is 36.7 Å². The van der Waals surface area contributed by atoms with Crippen LogP contribution in [0.5, 0.6) is 5.75 Å². The van der Waals surface area contributed by atoms with Crippen molar-refractivity contribution in [1.29, 1.82) is 0 Å². The van der Waals surface area contributed by atoms with Crippen molar-refractivity contribution in [3.63, 3.8) is 0 Å². The van der Waals surface area contributed by atoms with Gasteiger partial charge in [0.05, 0.1) is 7.11 Å². The lowest BCUT2D eigenvalue weighted by Crippen LogP contribution is -2.52. The SMILES string of the molecule is COc1cccc(C(=O)N[C@@H](CCC2CCCCC2)C(=O)N[C@@H](CCCCN)CN2CCc3cc(F)ccc32)c1. The summed E-state index contributed by atoms with van der Waals surface area (Å²) in [6.07, 6.45) is 11.0. The number of carbonyl (C=O) groups is 2. The molecule has 1 saturated carbocycles. The Morgan fingerprint density at radius 1 is 1.07 bits per heavy atom. The predicted molar refractivity (Wildman–Crippen MR) is 157 cm³/mol. The standard InChI is InChI=1S/C32H45FN4O3/c1-40-28-12-7-10-25(21-28)31(38)36-29(15-13-23-8-3-2-4-9-23)32(39)35-27(11-5-6-18-34)22-37-19-17-24-20-26(33)14-16-30(24)37/h7,10,12,14,16,20-21,23,27,29H,2-6,8-9,11,13,15,17-19,22,34H2,1H3,(H,35,39)(H,36,38)/t27-,29-/m0/s1. The number of carbonyl (C=O) groups excluding carboxylic acids is 2. The van der Waals surface area contributed by atoms with E-state index in [0.717, 1.165) is 49.9 Å². The van der Waals surface area contributed by atoms with Gasteiger partial charge in [-0.3, -0.25) is 9.59 Å². The Morgan fingerprint density at radius 3 is 2.67 bits per heavy atom. The summed E-state index contributed by atoms with van der Waals surface area (Å²) in [5.41, 5.74) is 8.25. The smallest absolute Gasteiger partial charge is 0.252 e. The van der Waals surface area contributed by atoms with Crippen LogP contribution < -0.4 is 26.0 Å². The number of methoxy groups -OCH3 is 1. The van der Waals surface area contributed by atoms with Gasteiger partial charge in [-0.1, -0.05) is 44.6 Å². The normalized spacial score (nSPS) is 16.7. The molecule has 1 heterocycles. The average Bonchev–Trinajstić information content (AvgIpc) is 3.36. The molecule has 8 heteroatoms. The maximum atomic E-state index is 13.8. The molecule has 0 bridgehead atoms. The largest absolute Gasteiger partial charge is 0.497 e. The minimum atomic E-state index is -0.627. The van der Waals surface area contributed by atoms with Crippen LogP contribution in [0, 0.1) is 11.7 Å². The van der Waals surface area contributed by atoms with Gasteiger partial charge in [-0.2, -0.15) is 0 Å². The first-order chi connectivity index (χ1) is 19.5. The Balaban J connectivity index is 1.46. The second-order valence-electron chi connectivity index (χ2n) is 11.3. The summed E-state index contributed by atoms with van der Waals surface area (Å²) < 4.78 is 19.1. The molecule has 1 fully saturated rings. The van der Waals surface area contributed by atoms with Gasteiger partial charge in [0.2, 0.25) is 5.91 Å². The number of halogens is 1. The van der Waals surface area contributed by atoms with E-state index in [1.54, 1.807) is 37.4 Å². The molecule has 2 amide bonds. The monoisotopic (exact) mass is 552 g/mol. The van der Waals surface area contributed by atoms with E-state index in [2.05, 4.69) is 15.5 Å². The first-order valence-electron chi connectivity index (χ1n) is 15.0. The van der Waals surface area contributed by atoms with Gasteiger partial charge in [-0.25, -0.2) is 4.39 Å². The molecule has 40 heavy (non-hydrogen) atoms. The summed E-state index contributed by atoms with van der Waals surface area (Å²) in [5.74, 6) is 0.545. The van der Waals surface area contributed by atoms with Gasteiger partial charge in [-0.15, -0.1) is 0 Å². The van der Waals surface area contributed by atoms with Crippen LogP contribution in [0.3, 0.4) is 0 Å². The van der Waals surface area contributed by atoms with Gasteiger partial charge in [0, 0.05) is 30.4 Å². The summed E-state index contributed by atoms with van der Waals surface area (Å²) in [4.78, 5) is 29.2. The zero-order valence-corrected chi connectivity index (χ0v) is 23.8. The first kappa shape index (κ1) is 29.8. The maximum absolute atomic E-state index is 13.8. The van der Waals surface area contributed by atoms with Gasteiger partial charge >= 0.3 is 0 Å². The van der Waals surface area contributed by atoms with Gasteiger partial charge < -0.3 is 26.0 Å². The van der Waals surface area contributed by atoms with Gasteiger partial charge in [0.15, 0.2) is 0 Å². The molecule has 2 atom stereocenters. The lowest BCUT2D eigenvalue weighted by Gasteiger charge is -2.29. The molecule has 0 aromatic heterocycles.